The first-order valence-electron chi connectivity index (χ1n) is 12.7. The number of benzene rings is 3. The Kier molecular flexibility index (Phi) is 9.66. The molecule has 0 amide bonds. The van der Waals surface area contributed by atoms with Gasteiger partial charge in [-0.15, -0.1) is 5.10 Å². The molecule has 0 aliphatic rings. The Morgan fingerprint density at radius 2 is 1.29 bits per heavy atom. The summed E-state index contributed by atoms with van der Waals surface area (Å²) >= 11 is 0. The fraction of sp³-hybridized carbons (Fsp3) is 0.233. The number of hydrogen-bond acceptors (Lipinski definition) is 10. The lowest BCUT2D eigenvalue weighted by atomic mass is 10.2. The zero-order valence-electron chi connectivity index (χ0n) is 23.6. The number of methoxy groups -OCH3 is 5. The minimum absolute atomic E-state index is 0.277. The van der Waals surface area contributed by atoms with Crippen LogP contribution in [-0.4, -0.2) is 56.2 Å². The molecule has 0 spiro atoms. The number of nitrogens with one attached hydrogen (secondary N) is 2. The summed E-state index contributed by atoms with van der Waals surface area (Å²) < 4.78 is 27.8. The van der Waals surface area contributed by atoms with Crippen LogP contribution in [0.4, 0.5) is 11.9 Å². The molecular weight excluding hydrogens is 526 g/mol. The van der Waals surface area contributed by atoms with Crippen LogP contribution in [0.25, 0.3) is 6.08 Å². The molecule has 0 unspecified atom stereocenters. The minimum Gasteiger partial charge on any atom is -0.497 e. The highest BCUT2D eigenvalue weighted by atomic mass is 16.5. The molecule has 0 atom stereocenters. The summed E-state index contributed by atoms with van der Waals surface area (Å²) in [5, 5.41) is 10.8. The van der Waals surface area contributed by atoms with Crippen molar-refractivity contribution in [2.75, 3.05) is 46.2 Å². The van der Waals surface area contributed by atoms with Crippen molar-refractivity contribution < 1.29 is 28.5 Å². The van der Waals surface area contributed by atoms with Gasteiger partial charge in [0.1, 0.15) is 5.75 Å². The van der Waals surface area contributed by atoms with Gasteiger partial charge in [-0.2, -0.15) is 9.67 Å². The number of anilines is 2. The van der Waals surface area contributed by atoms with Crippen molar-refractivity contribution in [1.82, 2.24) is 14.8 Å². The van der Waals surface area contributed by atoms with Crippen LogP contribution in [0.15, 0.2) is 66.7 Å². The Labute approximate surface area is 238 Å². The van der Waals surface area contributed by atoms with Crippen LogP contribution in [0.1, 0.15) is 21.5 Å². The zero-order chi connectivity index (χ0) is 29.2. The molecule has 41 heavy (non-hydrogen) atoms. The molecule has 0 saturated heterocycles. The average Bonchev–Trinajstić information content (AvgIpc) is 3.44. The number of carbonyl (C=O) groups excluding carboxylic acids is 1. The Bertz CT molecular complexity index is 1500. The van der Waals surface area contributed by atoms with E-state index >= 15 is 0 Å². The molecule has 11 heteroatoms. The molecule has 4 aromatic rings. The number of rotatable bonds is 13. The standard InChI is InChI=1S/C30H33N5O6/c1-37-23-11-6-20(7-12-23)10-15-28(36)35-30(32-19-22-9-14-25(39-3)27(17-22)41-5)33-29(34-35)31-18-21-8-13-24(38-2)26(16-21)40-4/h6-17H,18-19H2,1-5H3,(H2,31,32,33,34)/b15-10+. The first-order valence-corrected chi connectivity index (χ1v) is 12.7. The van der Waals surface area contributed by atoms with Crippen LogP contribution >= 0.6 is 0 Å². The van der Waals surface area contributed by atoms with Gasteiger partial charge in [0.25, 0.3) is 5.91 Å². The molecule has 0 fully saturated rings. The van der Waals surface area contributed by atoms with E-state index in [0.717, 1.165) is 22.4 Å². The second-order valence-corrected chi connectivity index (χ2v) is 8.70. The number of hydrogen-bond donors (Lipinski definition) is 2. The SMILES string of the molecule is COc1ccc(/C=C/C(=O)n2nc(NCc3ccc(OC)c(OC)c3)nc2NCc2ccc(OC)c(OC)c2)cc1. The van der Waals surface area contributed by atoms with Gasteiger partial charge in [-0.1, -0.05) is 24.3 Å². The smallest absolute Gasteiger partial charge is 0.274 e. The molecule has 0 saturated carbocycles. The number of aromatic nitrogens is 3. The first-order chi connectivity index (χ1) is 20.0. The van der Waals surface area contributed by atoms with Gasteiger partial charge >= 0.3 is 0 Å². The first kappa shape index (κ1) is 28.8. The fourth-order valence-electron chi connectivity index (χ4n) is 3.95. The van der Waals surface area contributed by atoms with Crippen LogP contribution in [0.5, 0.6) is 28.7 Å². The summed E-state index contributed by atoms with van der Waals surface area (Å²) in [5.74, 6) is 3.39. The van der Waals surface area contributed by atoms with Crippen molar-refractivity contribution >= 4 is 23.9 Å². The molecule has 0 radical (unpaired) electrons. The van der Waals surface area contributed by atoms with Gasteiger partial charge in [-0.05, 0) is 59.2 Å². The van der Waals surface area contributed by atoms with E-state index < -0.39 is 0 Å². The molecule has 4 rings (SSSR count). The monoisotopic (exact) mass is 559 g/mol. The fourth-order valence-corrected chi connectivity index (χ4v) is 3.95. The highest BCUT2D eigenvalue weighted by Crippen LogP contribution is 2.29. The molecule has 1 aromatic heterocycles. The second-order valence-electron chi connectivity index (χ2n) is 8.70. The molecule has 0 aliphatic carbocycles. The minimum atomic E-state index is -0.373. The van der Waals surface area contributed by atoms with E-state index in [9.17, 15) is 4.79 Å². The van der Waals surface area contributed by atoms with E-state index in [1.807, 2.05) is 60.7 Å². The van der Waals surface area contributed by atoms with Crippen LogP contribution in [0.2, 0.25) is 0 Å². The maximum atomic E-state index is 13.2. The quantitative estimate of drug-likeness (QED) is 0.219. The summed E-state index contributed by atoms with van der Waals surface area (Å²) in [7, 11) is 7.94. The Morgan fingerprint density at radius 3 is 1.83 bits per heavy atom. The Hall–Kier alpha value is -5.19. The molecule has 214 valence electrons. The Morgan fingerprint density at radius 1 is 0.732 bits per heavy atom. The maximum absolute atomic E-state index is 13.2. The third kappa shape index (κ3) is 7.27. The van der Waals surface area contributed by atoms with Crippen molar-refractivity contribution in [2.24, 2.45) is 0 Å². The lowest BCUT2D eigenvalue weighted by molar-refractivity contribution is 0.0957. The number of allylic oxidation sites excluding steroid dienone is 1. The van der Waals surface area contributed by atoms with E-state index in [-0.39, 0.29) is 17.8 Å². The lowest BCUT2D eigenvalue weighted by Gasteiger charge is -2.10. The van der Waals surface area contributed by atoms with E-state index in [1.165, 1.54) is 10.8 Å². The van der Waals surface area contributed by atoms with Gasteiger partial charge in [0, 0.05) is 19.2 Å². The normalized spacial score (nSPS) is 10.8. The highest BCUT2D eigenvalue weighted by molar-refractivity contribution is 5.94. The molecule has 0 bridgehead atoms. The molecular formula is C30H33N5O6. The summed E-state index contributed by atoms with van der Waals surface area (Å²) in [6, 6.07) is 18.5. The molecule has 0 aliphatic heterocycles. The van der Waals surface area contributed by atoms with Crippen molar-refractivity contribution in [2.45, 2.75) is 13.1 Å². The van der Waals surface area contributed by atoms with Crippen LogP contribution in [-0.2, 0) is 13.1 Å². The molecule has 2 N–H and O–H groups in total. The van der Waals surface area contributed by atoms with Crippen molar-refractivity contribution in [3.05, 3.63) is 83.4 Å². The topological polar surface area (TPSA) is 118 Å². The number of nitrogens with zero attached hydrogens (tertiary/aromatic N) is 3. The van der Waals surface area contributed by atoms with E-state index in [0.29, 0.717) is 36.1 Å². The third-order valence-corrected chi connectivity index (χ3v) is 6.15. The van der Waals surface area contributed by atoms with Gasteiger partial charge in [-0.25, -0.2) is 0 Å². The van der Waals surface area contributed by atoms with E-state index in [4.69, 9.17) is 23.7 Å². The van der Waals surface area contributed by atoms with Crippen molar-refractivity contribution in [1.29, 1.82) is 0 Å². The van der Waals surface area contributed by atoms with Crippen LogP contribution in [0, 0.1) is 0 Å². The van der Waals surface area contributed by atoms with Crippen LogP contribution < -0.4 is 34.3 Å². The van der Waals surface area contributed by atoms with Gasteiger partial charge in [0.15, 0.2) is 23.0 Å². The summed E-state index contributed by atoms with van der Waals surface area (Å²) in [4.78, 5) is 17.8. The predicted octanol–water partition coefficient (Wildman–Crippen LogP) is 4.90. The van der Waals surface area contributed by atoms with Gasteiger partial charge in [-0.3, -0.25) is 4.79 Å². The van der Waals surface area contributed by atoms with E-state index in [2.05, 4.69) is 20.7 Å². The van der Waals surface area contributed by atoms with Crippen LogP contribution in [0.3, 0.4) is 0 Å². The largest absolute Gasteiger partial charge is 0.497 e. The van der Waals surface area contributed by atoms with Crippen molar-refractivity contribution in [3.8, 4) is 28.7 Å². The molecule has 11 nitrogen and oxygen atoms in total. The Balaban J connectivity index is 1.55. The molecule has 3 aromatic carbocycles. The average molecular weight is 560 g/mol. The third-order valence-electron chi connectivity index (χ3n) is 6.15. The predicted molar refractivity (Wildman–Crippen MR) is 156 cm³/mol. The molecule has 1 heterocycles. The zero-order valence-corrected chi connectivity index (χ0v) is 23.6. The van der Waals surface area contributed by atoms with E-state index in [1.54, 1.807) is 41.6 Å². The second kappa shape index (κ2) is 13.7. The lowest BCUT2D eigenvalue weighted by Crippen LogP contribution is -2.14. The highest BCUT2D eigenvalue weighted by Gasteiger charge is 2.16. The maximum Gasteiger partial charge on any atom is 0.274 e. The summed E-state index contributed by atoms with van der Waals surface area (Å²) in [5.41, 5.74) is 2.66. The number of ether oxygens (including phenoxy) is 5. The summed E-state index contributed by atoms with van der Waals surface area (Å²) in [6.07, 6.45) is 3.15. The van der Waals surface area contributed by atoms with Gasteiger partial charge in [0.05, 0.1) is 35.5 Å². The van der Waals surface area contributed by atoms with Crippen molar-refractivity contribution in [3.63, 3.8) is 0 Å². The summed E-state index contributed by atoms with van der Waals surface area (Å²) in [6.45, 7) is 0.763. The number of carbonyl (C=O) groups is 1. The van der Waals surface area contributed by atoms with Gasteiger partial charge < -0.3 is 34.3 Å². The van der Waals surface area contributed by atoms with Gasteiger partial charge in [0.2, 0.25) is 11.9 Å².